The number of ether oxygens (including phenoxy) is 3. The number of anilines is 3. The lowest BCUT2D eigenvalue weighted by atomic mass is 10.1. The van der Waals surface area contributed by atoms with Gasteiger partial charge in [0.05, 0.1) is 19.8 Å². The molecule has 0 fully saturated rings. The number of hydrogen-bond acceptors (Lipinski definition) is 9. The van der Waals surface area contributed by atoms with Crippen LogP contribution >= 0.6 is 0 Å². The molecule has 256 valence electrons. The van der Waals surface area contributed by atoms with Gasteiger partial charge in [-0.15, -0.1) is 0 Å². The van der Waals surface area contributed by atoms with Crippen molar-refractivity contribution in [3.63, 3.8) is 0 Å². The summed E-state index contributed by atoms with van der Waals surface area (Å²) in [7, 11) is 6.26. The fourth-order valence-electron chi connectivity index (χ4n) is 4.76. The van der Waals surface area contributed by atoms with Gasteiger partial charge in [-0.05, 0) is 38.5 Å². The number of aromatic nitrogens is 3. The SMILES string of the molecule is CCCCOc1cc(OCCCC)cc(OCCCCCCCCN(C)c2nc(N(C)CCCC)nc(N(C)CCCC)n2)c1. The van der Waals surface area contributed by atoms with Crippen LogP contribution in [0.2, 0.25) is 0 Å². The molecule has 2 rings (SSSR count). The Balaban J connectivity index is 1.77. The molecule has 0 aliphatic heterocycles. The lowest BCUT2D eigenvalue weighted by molar-refractivity contribution is 0.278. The number of nitrogens with zero attached hydrogens (tertiary/aromatic N) is 6. The standard InChI is InChI=1S/C36H64N6O3/c1-8-12-22-40(5)34-37-35(41(6)23-13-9-2)39-36(38-34)42(7)24-20-18-16-17-19-21-27-45-33-29-31(43-25-14-10-3)28-32(30-33)44-26-15-11-4/h28-30H,8-27H2,1-7H3. The van der Waals surface area contributed by atoms with Crippen molar-refractivity contribution in [2.45, 2.75) is 118 Å². The van der Waals surface area contributed by atoms with E-state index in [0.29, 0.717) is 19.8 Å². The largest absolute Gasteiger partial charge is 0.493 e. The van der Waals surface area contributed by atoms with Gasteiger partial charge in [-0.1, -0.05) is 79.1 Å². The molecule has 0 spiro atoms. The van der Waals surface area contributed by atoms with Gasteiger partial charge < -0.3 is 28.9 Å². The van der Waals surface area contributed by atoms with Crippen LogP contribution < -0.4 is 28.9 Å². The van der Waals surface area contributed by atoms with Crippen LogP contribution in [0.4, 0.5) is 17.8 Å². The van der Waals surface area contributed by atoms with E-state index in [0.717, 1.165) is 125 Å². The lowest BCUT2D eigenvalue weighted by Crippen LogP contribution is -2.28. The molecule has 0 saturated carbocycles. The average Bonchev–Trinajstić information content (AvgIpc) is 3.05. The molecule has 45 heavy (non-hydrogen) atoms. The Morgan fingerprint density at radius 3 is 1.11 bits per heavy atom. The van der Waals surface area contributed by atoms with Crippen molar-refractivity contribution >= 4 is 17.8 Å². The van der Waals surface area contributed by atoms with E-state index < -0.39 is 0 Å². The van der Waals surface area contributed by atoms with Crippen molar-refractivity contribution in [3.8, 4) is 17.2 Å². The average molecular weight is 629 g/mol. The zero-order chi connectivity index (χ0) is 32.7. The highest BCUT2D eigenvalue weighted by Gasteiger charge is 2.15. The predicted molar refractivity (Wildman–Crippen MR) is 190 cm³/mol. The normalized spacial score (nSPS) is 11.0. The minimum Gasteiger partial charge on any atom is -0.493 e. The van der Waals surface area contributed by atoms with Crippen molar-refractivity contribution in [2.24, 2.45) is 0 Å². The molecule has 9 nitrogen and oxygen atoms in total. The summed E-state index contributed by atoms with van der Waals surface area (Å²) in [5.41, 5.74) is 0. The van der Waals surface area contributed by atoms with Crippen LogP contribution in [0.3, 0.4) is 0 Å². The van der Waals surface area contributed by atoms with Gasteiger partial charge in [-0.25, -0.2) is 0 Å². The summed E-state index contributed by atoms with van der Waals surface area (Å²) in [5, 5.41) is 0. The molecule has 0 N–H and O–H groups in total. The summed E-state index contributed by atoms with van der Waals surface area (Å²) in [6.07, 6.45) is 15.8. The van der Waals surface area contributed by atoms with E-state index in [9.17, 15) is 0 Å². The summed E-state index contributed by atoms with van der Waals surface area (Å²) >= 11 is 0. The molecule has 0 amide bonds. The van der Waals surface area contributed by atoms with Crippen LogP contribution in [0.1, 0.15) is 118 Å². The molecular weight excluding hydrogens is 564 g/mol. The van der Waals surface area contributed by atoms with Gasteiger partial charge in [-0.2, -0.15) is 15.0 Å². The minimum absolute atomic E-state index is 0.707. The molecule has 0 aliphatic rings. The van der Waals surface area contributed by atoms with Crippen LogP contribution in [0, 0.1) is 0 Å². The Kier molecular flexibility index (Phi) is 19.9. The van der Waals surface area contributed by atoms with E-state index in [1.165, 1.54) is 19.3 Å². The summed E-state index contributed by atoms with van der Waals surface area (Å²) in [4.78, 5) is 21.0. The van der Waals surface area contributed by atoms with E-state index in [1.54, 1.807) is 0 Å². The fourth-order valence-corrected chi connectivity index (χ4v) is 4.76. The highest BCUT2D eigenvalue weighted by Crippen LogP contribution is 2.29. The summed E-state index contributed by atoms with van der Waals surface area (Å²) in [6.45, 7) is 13.7. The Morgan fingerprint density at radius 2 is 0.733 bits per heavy atom. The van der Waals surface area contributed by atoms with Gasteiger partial charge in [-0.3, -0.25) is 0 Å². The number of unbranched alkanes of at least 4 members (excludes halogenated alkanes) is 9. The second-order valence-corrected chi connectivity index (χ2v) is 12.2. The Morgan fingerprint density at radius 1 is 0.422 bits per heavy atom. The van der Waals surface area contributed by atoms with E-state index in [-0.39, 0.29) is 0 Å². The molecule has 9 heteroatoms. The molecule has 0 bridgehead atoms. The third-order valence-corrected chi connectivity index (χ3v) is 7.86. The predicted octanol–water partition coefficient (Wildman–Crippen LogP) is 8.56. The van der Waals surface area contributed by atoms with E-state index >= 15 is 0 Å². The van der Waals surface area contributed by atoms with Gasteiger partial charge in [0, 0.05) is 59.0 Å². The number of hydrogen-bond donors (Lipinski definition) is 0. The molecule has 0 unspecified atom stereocenters. The summed E-state index contributed by atoms with van der Waals surface area (Å²) in [6, 6.07) is 5.96. The Labute approximate surface area is 275 Å². The molecule has 1 aromatic carbocycles. The first-order valence-electron chi connectivity index (χ1n) is 17.8. The van der Waals surface area contributed by atoms with Gasteiger partial charge in [0.2, 0.25) is 17.8 Å². The molecule has 1 heterocycles. The molecule has 1 aromatic heterocycles. The van der Waals surface area contributed by atoms with E-state index in [2.05, 4.69) is 63.5 Å². The smallest absolute Gasteiger partial charge is 0.231 e. The number of benzene rings is 1. The first-order chi connectivity index (χ1) is 21.9. The fraction of sp³-hybridized carbons (Fsp3) is 0.750. The van der Waals surface area contributed by atoms with Crippen LogP contribution in [-0.2, 0) is 0 Å². The monoisotopic (exact) mass is 629 g/mol. The van der Waals surface area contributed by atoms with Crippen LogP contribution in [0.5, 0.6) is 17.2 Å². The first kappa shape index (κ1) is 38.2. The Hall–Kier alpha value is -2.97. The van der Waals surface area contributed by atoms with Crippen LogP contribution in [-0.4, -0.2) is 75.5 Å². The molecule has 0 radical (unpaired) electrons. The molecule has 0 atom stereocenters. The van der Waals surface area contributed by atoms with Gasteiger partial charge in [0.15, 0.2) is 0 Å². The van der Waals surface area contributed by atoms with Gasteiger partial charge >= 0.3 is 0 Å². The minimum atomic E-state index is 0.707. The second kappa shape index (κ2) is 23.4. The maximum absolute atomic E-state index is 6.11. The molecule has 0 aliphatic carbocycles. The van der Waals surface area contributed by atoms with Gasteiger partial charge in [0.25, 0.3) is 0 Å². The first-order valence-corrected chi connectivity index (χ1v) is 17.8. The highest BCUT2D eigenvalue weighted by atomic mass is 16.5. The number of rotatable bonds is 27. The quantitative estimate of drug-likeness (QED) is 0.0905. The van der Waals surface area contributed by atoms with E-state index in [1.807, 2.05) is 18.2 Å². The summed E-state index contributed by atoms with van der Waals surface area (Å²) in [5.74, 6) is 4.77. The lowest BCUT2D eigenvalue weighted by Gasteiger charge is -2.24. The molecular formula is C36H64N6O3. The van der Waals surface area contributed by atoms with Gasteiger partial charge in [0.1, 0.15) is 17.2 Å². The van der Waals surface area contributed by atoms with E-state index in [4.69, 9.17) is 29.2 Å². The topological polar surface area (TPSA) is 76.1 Å². The van der Waals surface area contributed by atoms with Crippen molar-refractivity contribution < 1.29 is 14.2 Å². The van der Waals surface area contributed by atoms with Crippen molar-refractivity contribution in [2.75, 3.05) is 75.3 Å². The second-order valence-electron chi connectivity index (χ2n) is 12.2. The maximum Gasteiger partial charge on any atom is 0.231 e. The highest BCUT2D eigenvalue weighted by molar-refractivity contribution is 5.45. The van der Waals surface area contributed by atoms with Crippen molar-refractivity contribution in [3.05, 3.63) is 18.2 Å². The maximum atomic E-state index is 6.11. The third-order valence-electron chi connectivity index (χ3n) is 7.86. The zero-order valence-electron chi connectivity index (χ0n) is 29.8. The van der Waals surface area contributed by atoms with Crippen LogP contribution in [0.25, 0.3) is 0 Å². The van der Waals surface area contributed by atoms with Crippen LogP contribution in [0.15, 0.2) is 18.2 Å². The summed E-state index contributed by atoms with van der Waals surface area (Å²) < 4.78 is 18.0. The van der Waals surface area contributed by atoms with Crippen molar-refractivity contribution in [1.82, 2.24) is 15.0 Å². The Bertz CT molecular complexity index is 979. The van der Waals surface area contributed by atoms with Crippen molar-refractivity contribution in [1.29, 1.82) is 0 Å². The third kappa shape index (κ3) is 15.7. The molecule has 2 aromatic rings. The zero-order valence-corrected chi connectivity index (χ0v) is 29.8. The molecule has 0 saturated heterocycles.